The van der Waals surface area contributed by atoms with Crippen LogP contribution in [0.3, 0.4) is 0 Å². The Labute approximate surface area is 247 Å². The molecule has 2 N–H and O–H groups in total. The van der Waals surface area contributed by atoms with Gasteiger partial charge in [-0.15, -0.1) is 0 Å². The van der Waals surface area contributed by atoms with E-state index in [1.54, 1.807) is 26.0 Å². The Morgan fingerprint density at radius 1 is 0.902 bits per heavy atom. The highest BCUT2D eigenvalue weighted by atomic mass is 16.5. The van der Waals surface area contributed by atoms with E-state index in [2.05, 4.69) is 74.0 Å². The first kappa shape index (κ1) is 35.8. The normalized spacial score (nSPS) is 14.5. The van der Waals surface area contributed by atoms with Gasteiger partial charge in [-0.2, -0.15) is 0 Å². The standard InChI is InChI=1S/C25H32N4O4.2C4H10/c1-19(16-29(33)18-30)25(32)26-20(2)24(31)22-8-10-23(11-9-22)28-14-12-27(13-15-28)17-21-6-4-3-5-7-21;1-4(2)3;1-3-4-2/h3-11,18-20,33H,12-17H2,1-2H3,(H,26,32);4H,1-3H3;3-4H2,1-2H3. The summed E-state index contributed by atoms with van der Waals surface area (Å²) in [4.78, 5) is 40.2. The minimum Gasteiger partial charge on any atom is -0.369 e. The minimum atomic E-state index is -0.712. The summed E-state index contributed by atoms with van der Waals surface area (Å²) in [5.74, 6) is -0.397. The molecule has 228 valence electrons. The van der Waals surface area contributed by atoms with Crippen LogP contribution in [-0.4, -0.2) is 72.0 Å². The summed E-state index contributed by atoms with van der Waals surface area (Å²) in [5, 5.41) is 12.3. The molecule has 8 heteroatoms. The number of benzene rings is 2. The fourth-order valence-electron chi connectivity index (χ4n) is 3.92. The van der Waals surface area contributed by atoms with E-state index in [1.165, 1.54) is 18.4 Å². The lowest BCUT2D eigenvalue weighted by Gasteiger charge is -2.36. The van der Waals surface area contributed by atoms with Crippen molar-refractivity contribution >= 4 is 23.8 Å². The molecule has 2 atom stereocenters. The van der Waals surface area contributed by atoms with Crippen LogP contribution in [0.2, 0.25) is 0 Å². The van der Waals surface area contributed by atoms with Crippen molar-refractivity contribution in [3.63, 3.8) is 0 Å². The average Bonchev–Trinajstić information content (AvgIpc) is 2.97. The second kappa shape index (κ2) is 19.8. The fraction of sp³-hybridized carbons (Fsp3) is 0.545. The number of hydrogen-bond donors (Lipinski definition) is 2. The molecular formula is C33H52N4O4. The van der Waals surface area contributed by atoms with Gasteiger partial charge in [0.25, 0.3) is 0 Å². The lowest BCUT2D eigenvalue weighted by atomic mass is 10.0. The highest BCUT2D eigenvalue weighted by Crippen LogP contribution is 2.19. The molecule has 1 heterocycles. The van der Waals surface area contributed by atoms with Gasteiger partial charge >= 0.3 is 0 Å². The molecule has 0 spiro atoms. The van der Waals surface area contributed by atoms with Crippen LogP contribution >= 0.6 is 0 Å². The summed E-state index contributed by atoms with van der Waals surface area (Å²) in [6.07, 6.45) is 2.88. The zero-order valence-electron chi connectivity index (χ0n) is 26.2. The van der Waals surface area contributed by atoms with Gasteiger partial charge in [0, 0.05) is 44.0 Å². The van der Waals surface area contributed by atoms with Gasteiger partial charge in [0.1, 0.15) is 0 Å². The lowest BCUT2D eigenvalue weighted by molar-refractivity contribution is -0.154. The van der Waals surface area contributed by atoms with Crippen molar-refractivity contribution < 1.29 is 19.6 Å². The van der Waals surface area contributed by atoms with Gasteiger partial charge in [-0.1, -0.05) is 84.7 Å². The average molecular weight is 569 g/mol. The number of anilines is 1. The SMILES string of the molecule is CC(C)C.CC(CN(O)C=O)C(=O)NC(C)C(=O)c1ccc(N2CCN(Cc3ccccc3)CC2)cc1.CCCC. The molecule has 0 aromatic heterocycles. The monoisotopic (exact) mass is 568 g/mol. The van der Waals surface area contributed by atoms with Gasteiger partial charge in [0.2, 0.25) is 12.3 Å². The third-order valence-electron chi connectivity index (χ3n) is 6.42. The van der Waals surface area contributed by atoms with Crippen molar-refractivity contribution in [3.8, 4) is 0 Å². The van der Waals surface area contributed by atoms with Crippen LogP contribution in [0.1, 0.15) is 77.2 Å². The molecule has 2 aromatic carbocycles. The van der Waals surface area contributed by atoms with Crippen LogP contribution in [0.25, 0.3) is 0 Å². The van der Waals surface area contributed by atoms with E-state index in [0.29, 0.717) is 10.6 Å². The predicted octanol–water partition coefficient (Wildman–Crippen LogP) is 5.65. The molecule has 41 heavy (non-hydrogen) atoms. The summed E-state index contributed by atoms with van der Waals surface area (Å²) < 4.78 is 0. The number of carbonyl (C=O) groups excluding carboxylic acids is 3. The molecule has 1 fully saturated rings. The number of nitrogens with zero attached hydrogens (tertiary/aromatic N) is 3. The van der Waals surface area contributed by atoms with Crippen molar-refractivity contribution in [1.29, 1.82) is 0 Å². The number of hydroxylamine groups is 2. The van der Waals surface area contributed by atoms with Crippen LogP contribution in [0.15, 0.2) is 54.6 Å². The topological polar surface area (TPSA) is 93.2 Å². The second-order valence-corrected chi connectivity index (χ2v) is 11.3. The van der Waals surface area contributed by atoms with E-state index in [0.717, 1.165) is 44.3 Å². The number of nitrogens with one attached hydrogen (secondary N) is 1. The van der Waals surface area contributed by atoms with Crippen molar-refractivity contribution in [2.45, 2.75) is 73.9 Å². The molecule has 8 nitrogen and oxygen atoms in total. The Balaban J connectivity index is 0.000000930. The summed E-state index contributed by atoms with van der Waals surface area (Å²) in [6, 6.07) is 17.2. The zero-order chi connectivity index (χ0) is 30.8. The van der Waals surface area contributed by atoms with E-state index >= 15 is 0 Å². The number of amides is 2. The number of hydrogen-bond acceptors (Lipinski definition) is 6. The molecule has 0 aliphatic carbocycles. The highest BCUT2D eigenvalue weighted by Gasteiger charge is 2.23. The molecule has 2 aromatic rings. The number of ketones is 1. The number of Topliss-reactive ketones (excluding diaryl/α,β-unsaturated/α-hetero) is 1. The molecule has 3 rings (SSSR count). The Bertz CT molecular complexity index is 1000. The maximum absolute atomic E-state index is 12.7. The molecule has 0 radical (unpaired) electrons. The number of rotatable bonds is 11. The smallest absolute Gasteiger partial charge is 0.233 e. The van der Waals surface area contributed by atoms with Gasteiger partial charge in [-0.3, -0.25) is 24.5 Å². The Morgan fingerprint density at radius 2 is 1.44 bits per heavy atom. The number of piperazine rings is 1. The minimum absolute atomic E-state index is 0.135. The molecule has 2 amide bonds. The van der Waals surface area contributed by atoms with Crippen molar-refractivity contribution in [3.05, 3.63) is 65.7 Å². The third kappa shape index (κ3) is 14.3. The van der Waals surface area contributed by atoms with Gasteiger partial charge in [0.05, 0.1) is 18.5 Å². The first-order chi connectivity index (χ1) is 19.5. The maximum atomic E-state index is 12.7. The maximum Gasteiger partial charge on any atom is 0.233 e. The summed E-state index contributed by atoms with van der Waals surface area (Å²) in [5.41, 5.74) is 2.92. The van der Waals surface area contributed by atoms with E-state index in [9.17, 15) is 19.6 Å². The molecule has 0 bridgehead atoms. The Kier molecular flexibility index (Phi) is 17.3. The Hall–Kier alpha value is -3.23. The van der Waals surface area contributed by atoms with E-state index < -0.39 is 17.9 Å². The quantitative estimate of drug-likeness (QED) is 0.158. The molecule has 1 saturated heterocycles. The largest absolute Gasteiger partial charge is 0.369 e. The van der Waals surface area contributed by atoms with Crippen molar-refractivity contribution in [1.82, 2.24) is 15.3 Å². The lowest BCUT2D eigenvalue weighted by Crippen LogP contribution is -2.46. The van der Waals surface area contributed by atoms with Gasteiger partial charge in [0.15, 0.2) is 5.78 Å². The summed E-state index contributed by atoms with van der Waals surface area (Å²) >= 11 is 0. The van der Waals surface area contributed by atoms with E-state index in [-0.39, 0.29) is 18.7 Å². The highest BCUT2D eigenvalue weighted by molar-refractivity contribution is 6.02. The molecule has 0 saturated carbocycles. The second-order valence-electron chi connectivity index (χ2n) is 11.3. The number of unbranched alkanes of at least 4 members (excludes halogenated alkanes) is 1. The molecule has 1 aliphatic rings. The third-order valence-corrected chi connectivity index (χ3v) is 6.42. The van der Waals surface area contributed by atoms with Crippen LogP contribution in [-0.2, 0) is 16.1 Å². The predicted molar refractivity (Wildman–Crippen MR) is 167 cm³/mol. The molecular weight excluding hydrogens is 516 g/mol. The Morgan fingerprint density at radius 3 is 1.93 bits per heavy atom. The fourth-order valence-corrected chi connectivity index (χ4v) is 3.92. The molecule has 2 unspecified atom stereocenters. The van der Waals surface area contributed by atoms with Crippen molar-refractivity contribution in [2.24, 2.45) is 11.8 Å². The van der Waals surface area contributed by atoms with E-state index in [1.807, 2.05) is 18.2 Å². The first-order valence-electron chi connectivity index (χ1n) is 14.9. The van der Waals surface area contributed by atoms with Crippen LogP contribution in [0.4, 0.5) is 5.69 Å². The van der Waals surface area contributed by atoms with Crippen LogP contribution in [0, 0.1) is 11.8 Å². The summed E-state index contributed by atoms with van der Waals surface area (Å²) in [7, 11) is 0. The first-order valence-corrected chi connectivity index (χ1v) is 14.9. The van der Waals surface area contributed by atoms with Gasteiger partial charge < -0.3 is 10.2 Å². The van der Waals surface area contributed by atoms with Crippen molar-refractivity contribution in [2.75, 3.05) is 37.6 Å². The molecule has 1 aliphatic heterocycles. The van der Waals surface area contributed by atoms with Crippen LogP contribution < -0.4 is 10.2 Å². The van der Waals surface area contributed by atoms with Gasteiger partial charge in [-0.25, -0.2) is 5.06 Å². The van der Waals surface area contributed by atoms with Gasteiger partial charge in [-0.05, 0) is 42.7 Å². The summed E-state index contributed by atoms with van der Waals surface area (Å²) in [6.45, 7) is 18.7. The number of carbonyl (C=O) groups is 3. The zero-order valence-corrected chi connectivity index (χ0v) is 26.2. The van der Waals surface area contributed by atoms with E-state index in [4.69, 9.17) is 0 Å². The van der Waals surface area contributed by atoms with Crippen LogP contribution in [0.5, 0.6) is 0 Å².